The van der Waals surface area contributed by atoms with Crippen molar-refractivity contribution in [3.63, 3.8) is 0 Å². The largest absolute Gasteiger partial charge is 0.358 e. The molecule has 0 bridgehead atoms. The number of fused-ring (bicyclic) bond motifs is 5. The molecule has 2 atom stereocenters. The average Bonchev–Trinajstić information content (AvgIpc) is 2.77. The van der Waals surface area contributed by atoms with Crippen LogP contribution in [0.4, 0.5) is 0 Å². The Labute approximate surface area is 108 Å². The summed E-state index contributed by atoms with van der Waals surface area (Å²) >= 11 is 0. The van der Waals surface area contributed by atoms with Gasteiger partial charge in [-0.3, -0.25) is 0 Å². The van der Waals surface area contributed by atoms with Crippen LogP contribution in [0.3, 0.4) is 0 Å². The predicted octanol–water partition coefficient (Wildman–Crippen LogP) is 3.15. The molecule has 1 saturated heterocycles. The molecule has 0 unspecified atom stereocenters. The van der Waals surface area contributed by atoms with E-state index >= 15 is 0 Å². The maximum Gasteiger partial charge on any atom is 0.0459 e. The topological polar surface area (TPSA) is 19.0 Å². The SMILES string of the molecule is CN1CC[C@H]2c3c([nH]c4ccccc34)CC[C@H]2C1. The fraction of sp³-hybridized carbons (Fsp3) is 0.500. The van der Waals surface area contributed by atoms with Crippen LogP contribution in [0.25, 0.3) is 10.9 Å². The Morgan fingerprint density at radius 2 is 2.11 bits per heavy atom. The lowest BCUT2D eigenvalue weighted by Gasteiger charge is -2.40. The lowest BCUT2D eigenvalue weighted by molar-refractivity contribution is 0.169. The van der Waals surface area contributed by atoms with E-state index in [0.717, 1.165) is 11.8 Å². The van der Waals surface area contributed by atoms with Crippen molar-refractivity contribution in [1.29, 1.82) is 0 Å². The number of benzene rings is 1. The molecule has 1 aromatic carbocycles. The Balaban J connectivity index is 1.86. The number of aromatic nitrogens is 1. The lowest BCUT2D eigenvalue weighted by Crippen LogP contribution is -2.39. The molecule has 0 spiro atoms. The van der Waals surface area contributed by atoms with E-state index in [0.29, 0.717) is 0 Å². The molecule has 1 aromatic heterocycles. The number of nitrogens with zero attached hydrogens (tertiary/aromatic N) is 1. The number of aromatic amines is 1. The molecule has 1 N–H and O–H groups in total. The van der Waals surface area contributed by atoms with Crippen molar-refractivity contribution in [3.05, 3.63) is 35.5 Å². The van der Waals surface area contributed by atoms with Crippen molar-refractivity contribution < 1.29 is 0 Å². The first-order valence-electron chi connectivity index (χ1n) is 7.11. The van der Waals surface area contributed by atoms with Crippen LogP contribution in [-0.2, 0) is 6.42 Å². The number of hydrogen-bond donors (Lipinski definition) is 1. The quantitative estimate of drug-likeness (QED) is 0.749. The highest BCUT2D eigenvalue weighted by Crippen LogP contribution is 2.44. The molecule has 0 radical (unpaired) electrons. The number of piperidine rings is 1. The Hall–Kier alpha value is -1.28. The number of aryl methyl sites for hydroxylation is 1. The minimum Gasteiger partial charge on any atom is -0.358 e. The molecule has 2 heteroatoms. The molecule has 2 aromatic rings. The Kier molecular flexibility index (Phi) is 2.28. The van der Waals surface area contributed by atoms with Crippen molar-refractivity contribution in [2.75, 3.05) is 20.1 Å². The molecule has 94 valence electrons. The zero-order valence-corrected chi connectivity index (χ0v) is 10.9. The van der Waals surface area contributed by atoms with Crippen molar-refractivity contribution in [3.8, 4) is 0 Å². The molecule has 1 aliphatic carbocycles. The summed E-state index contributed by atoms with van der Waals surface area (Å²) in [6, 6.07) is 8.83. The third-order valence-corrected chi connectivity index (χ3v) is 4.90. The van der Waals surface area contributed by atoms with Gasteiger partial charge in [0.1, 0.15) is 0 Å². The molecule has 0 amide bonds. The van der Waals surface area contributed by atoms with Gasteiger partial charge in [0.15, 0.2) is 0 Å². The van der Waals surface area contributed by atoms with Crippen LogP contribution < -0.4 is 0 Å². The van der Waals surface area contributed by atoms with Gasteiger partial charge in [0.05, 0.1) is 0 Å². The highest BCUT2D eigenvalue weighted by molar-refractivity contribution is 5.85. The highest BCUT2D eigenvalue weighted by atomic mass is 15.1. The van der Waals surface area contributed by atoms with Gasteiger partial charge in [-0.25, -0.2) is 0 Å². The van der Waals surface area contributed by atoms with E-state index in [-0.39, 0.29) is 0 Å². The Morgan fingerprint density at radius 1 is 1.22 bits per heavy atom. The second-order valence-corrected chi connectivity index (χ2v) is 6.02. The van der Waals surface area contributed by atoms with Crippen LogP contribution in [0.5, 0.6) is 0 Å². The molecule has 0 saturated carbocycles. The molecule has 2 aliphatic rings. The van der Waals surface area contributed by atoms with Gasteiger partial charge in [-0.05, 0) is 56.3 Å². The van der Waals surface area contributed by atoms with Gasteiger partial charge < -0.3 is 9.88 Å². The van der Waals surface area contributed by atoms with Crippen molar-refractivity contribution in [1.82, 2.24) is 9.88 Å². The van der Waals surface area contributed by atoms with Crippen LogP contribution in [0.1, 0.15) is 30.0 Å². The summed E-state index contributed by atoms with van der Waals surface area (Å²) in [5.41, 5.74) is 4.50. The van der Waals surface area contributed by atoms with Gasteiger partial charge in [0.25, 0.3) is 0 Å². The zero-order chi connectivity index (χ0) is 12.1. The standard InChI is InChI=1S/C16H20N2/c1-18-9-8-12-11(10-18)6-7-15-16(12)13-4-2-3-5-14(13)17-15/h2-5,11-12,17H,6-10H2,1H3/t11-,12+/m0/s1. The van der Waals surface area contributed by atoms with Gasteiger partial charge in [0, 0.05) is 23.1 Å². The first-order chi connectivity index (χ1) is 8.83. The van der Waals surface area contributed by atoms with Crippen molar-refractivity contribution in [2.45, 2.75) is 25.2 Å². The second-order valence-electron chi connectivity index (χ2n) is 6.02. The average molecular weight is 240 g/mol. The summed E-state index contributed by atoms with van der Waals surface area (Å²) in [7, 11) is 2.26. The molecule has 18 heavy (non-hydrogen) atoms. The normalized spacial score (nSPS) is 28.1. The Bertz CT molecular complexity index is 584. The predicted molar refractivity (Wildman–Crippen MR) is 75.0 cm³/mol. The van der Waals surface area contributed by atoms with E-state index in [9.17, 15) is 0 Å². The molecule has 4 rings (SSSR count). The smallest absolute Gasteiger partial charge is 0.0459 e. The molecule has 2 heterocycles. The summed E-state index contributed by atoms with van der Waals surface area (Å²) in [5.74, 6) is 1.66. The van der Waals surface area contributed by atoms with E-state index < -0.39 is 0 Å². The molecule has 2 nitrogen and oxygen atoms in total. The summed E-state index contributed by atoms with van der Waals surface area (Å²) < 4.78 is 0. The van der Waals surface area contributed by atoms with Gasteiger partial charge in [-0.1, -0.05) is 18.2 Å². The van der Waals surface area contributed by atoms with Gasteiger partial charge >= 0.3 is 0 Å². The van der Waals surface area contributed by atoms with E-state index in [1.165, 1.54) is 48.9 Å². The van der Waals surface area contributed by atoms with Crippen LogP contribution >= 0.6 is 0 Å². The van der Waals surface area contributed by atoms with E-state index in [2.05, 4.69) is 41.2 Å². The first kappa shape index (κ1) is 10.6. The van der Waals surface area contributed by atoms with Crippen LogP contribution in [-0.4, -0.2) is 30.0 Å². The number of rotatable bonds is 0. The number of hydrogen-bond acceptors (Lipinski definition) is 1. The highest BCUT2D eigenvalue weighted by Gasteiger charge is 2.35. The minimum atomic E-state index is 0.793. The molecular weight excluding hydrogens is 220 g/mol. The fourth-order valence-electron chi connectivity index (χ4n) is 4.06. The monoisotopic (exact) mass is 240 g/mol. The maximum absolute atomic E-state index is 3.65. The van der Waals surface area contributed by atoms with E-state index in [4.69, 9.17) is 0 Å². The summed E-state index contributed by atoms with van der Waals surface area (Å²) in [6.45, 7) is 2.53. The van der Waals surface area contributed by atoms with Gasteiger partial charge in [0.2, 0.25) is 0 Å². The lowest BCUT2D eigenvalue weighted by atomic mass is 9.73. The van der Waals surface area contributed by atoms with Crippen molar-refractivity contribution >= 4 is 10.9 Å². The number of nitrogens with one attached hydrogen (secondary N) is 1. The third-order valence-electron chi connectivity index (χ3n) is 4.90. The minimum absolute atomic E-state index is 0.793. The van der Waals surface area contributed by atoms with Crippen molar-refractivity contribution in [2.24, 2.45) is 5.92 Å². The van der Waals surface area contributed by atoms with Gasteiger partial charge in [-0.2, -0.15) is 0 Å². The summed E-state index contributed by atoms with van der Waals surface area (Å²) in [5, 5.41) is 1.48. The van der Waals surface area contributed by atoms with E-state index in [1.807, 2.05) is 0 Å². The maximum atomic E-state index is 3.65. The molecular formula is C16H20N2. The number of likely N-dealkylation sites (tertiary alicyclic amines) is 1. The summed E-state index contributed by atoms with van der Waals surface area (Å²) in [6.07, 6.45) is 3.92. The fourth-order valence-corrected chi connectivity index (χ4v) is 4.06. The Morgan fingerprint density at radius 3 is 3.06 bits per heavy atom. The first-order valence-corrected chi connectivity index (χ1v) is 7.11. The van der Waals surface area contributed by atoms with Crippen LogP contribution in [0.15, 0.2) is 24.3 Å². The second kappa shape index (κ2) is 3.86. The molecule has 1 fully saturated rings. The molecule has 1 aliphatic heterocycles. The third kappa shape index (κ3) is 1.45. The van der Waals surface area contributed by atoms with E-state index in [1.54, 1.807) is 5.56 Å². The summed E-state index contributed by atoms with van der Waals surface area (Å²) in [4.78, 5) is 6.15. The van der Waals surface area contributed by atoms with Crippen LogP contribution in [0, 0.1) is 5.92 Å². The number of para-hydroxylation sites is 1. The van der Waals surface area contributed by atoms with Crippen LogP contribution in [0.2, 0.25) is 0 Å². The van der Waals surface area contributed by atoms with Gasteiger partial charge in [-0.15, -0.1) is 0 Å². The zero-order valence-electron chi connectivity index (χ0n) is 10.9. The number of H-pyrrole nitrogens is 1.